The number of carboxylic acids is 2. The molecule has 5 nitrogen and oxygen atoms in total. The van der Waals surface area contributed by atoms with Crippen LogP contribution in [0, 0.1) is 0 Å². The summed E-state index contributed by atoms with van der Waals surface area (Å²) in [5, 5.41) is 19.2. The Morgan fingerprint density at radius 3 is 1.26 bits per heavy atom. The predicted octanol–water partition coefficient (Wildman–Crippen LogP) is 3.09. The van der Waals surface area contributed by atoms with Crippen LogP contribution in [0.1, 0.15) is 6.42 Å². The van der Waals surface area contributed by atoms with Crippen LogP contribution in [0.3, 0.4) is 0 Å². The number of aliphatic carboxylic acids is 2. The van der Waals surface area contributed by atoms with Gasteiger partial charge >= 0.3 is 11.9 Å². The Hall–Kier alpha value is -3.01. The van der Waals surface area contributed by atoms with Crippen LogP contribution in [-0.2, 0) is 9.59 Å². The lowest BCUT2D eigenvalue weighted by Crippen LogP contribution is -2.34. The Bertz CT molecular complexity index is 838. The summed E-state index contributed by atoms with van der Waals surface area (Å²) in [5.41, 5.74) is 0. The maximum Gasteiger partial charge on any atom is 0.414 e. The number of nitrogens with zero attached hydrogens (tertiary/aromatic N) is 1. The van der Waals surface area contributed by atoms with Gasteiger partial charge in [-0.2, -0.15) is 0 Å². The SMILES string of the molecule is CN(C)CCC[P+](c1ccccc1)(c1ccccc1)c1ccccc1.O=C(O)C(=O)O. The molecule has 0 atom stereocenters. The molecular formula is C25H29NO4P+. The first kappa shape index (κ1) is 24.3. The van der Waals surface area contributed by atoms with E-state index in [-0.39, 0.29) is 0 Å². The number of carboxylic acid groups (broad SMARTS) is 2. The van der Waals surface area contributed by atoms with E-state index in [1.54, 1.807) is 0 Å². The Balaban J connectivity index is 0.000000501. The van der Waals surface area contributed by atoms with Crippen LogP contribution in [0.15, 0.2) is 91.0 Å². The molecule has 0 bridgehead atoms. The lowest BCUT2D eigenvalue weighted by atomic mass is 10.3. The monoisotopic (exact) mass is 438 g/mol. The van der Waals surface area contributed by atoms with Gasteiger partial charge in [0.2, 0.25) is 0 Å². The van der Waals surface area contributed by atoms with E-state index in [1.165, 1.54) is 28.5 Å². The van der Waals surface area contributed by atoms with Gasteiger partial charge in [0, 0.05) is 6.54 Å². The maximum absolute atomic E-state index is 9.10. The van der Waals surface area contributed by atoms with E-state index >= 15 is 0 Å². The van der Waals surface area contributed by atoms with Crippen molar-refractivity contribution in [2.24, 2.45) is 0 Å². The van der Waals surface area contributed by atoms with Gasteiger partial charge in [0.25, 0.3) is 0 Å². The van der Waals surface area contributed by atoms with Crippen molar-refractivity contribution in [3.8, 4) is 0 Å². The summed E-state index contributed by atoms with van der Waals surface area (Å²) in [6.45, 7) is 1.12. The summed E-state index contributed by atoms with van der Waals surface area (Å²) >= 11 is 0. The Kier molecular flexibility index (Phi) is 9.39. The highest BCUT2D eigenvalue weighted by Crippen LogP contribution is 2.55. The van der Waals surface area contributed by atoms with Crippen LogP contribution in [0.25, 0.3) is 0 Å². The first-order chi connectivity index (χ1) is 14.9. The third-order valence-corrected chi connectivity index (χ3v) is 9.40. The molecule has 31 heavy (non-hydrogen) atoms. The van der Waals surface area contributed by atoms with Crippen molar-refractivity contribution in [1.82, 2.24) is 4.90 Å². The fourth-order valence-corrected chi connectivity index (χ4v) is 7.83. The summed E-state index contributed by atoms with van der Waals surface area (Å²) in [6.07, 6.45) is 2.39. The Morgan fingerprint density at radius 1 is 0.677 bits per heavy atom. The molecular weight excluding hydrogens is 409 g/mol. The van der Waals surface area contributed by atoms with E-state index in [1.807, 2.05) is 0 Å². The van der Waals surface area contributed by atoms with Crippen molar-refractivity contribution >= 4 is 35.1 Å². The highest BCUT2D eigenvalue weighted by Gasteiger charge is 2.44. The van der Waals surface area contributed by atoms with Crippen molar-refractivity contribution in [3.63, 3.8) is 0 Å². The topological polar surface area (TPSA) is 77.8 Å². The van der Waals surface area contributed by atoms with E-state index in [2.05, 4.69) is 110 Å². The molecule has 0 aliphatic heterocycles. The van der Waals surface area contributed by atoms with Gasteiger partial charge in [-0.25, -0.2) is 9.59 Å². The molecule has 0 aliphatic carbocycles. The van der Waals surface area contributed by atoms with E-state index in [9.17, 15) is 0 Å². The fraction of sp³-hybridized carbons (Fsp3) is 0.200. The molecule has 0 fully saturated rings. The number of benzene rings is 3. The standard InChI is InChI=1S/C23H27NP.C2H2O4/c1-24(2)19-12-20-25(21-13-6-3-7-14-21,22-15-8-4-9-16-22)23-17-10-5-11-18-23;3-1(4)2(5)6/h3-11,13-18H,12,19-20H2,1-2H3;(H,3,4)(H,5,6)/q+1;. The summed E-state index contributed by atoms with van der Waals surface area (Å²) in [7, 11) is 2.68. The van der Waals surface area contributed by atoms with Gasteiger partial charge in [-0.3, -0.25) is 0 Å². The van der Waals surface area contributed by atoms with E-state index in [4.69, 9.17) is 19.8 Å². The highest BCUT2D eigenvalue weighted by atomic mass is 31.2. The molecule has 162 valence electrons. The lowest BCUT2D eigenvalue weighted by molar-refractivity contribution is -0.159. The van der Waals surface area contributed by atoms with Crippen LogP contribution in [-0.4, -0.2) is 53.9 Å². The second-order valence-corrected chi connectivity index (χ2v) is 10.9. The first-order valence-electron chi connectivity index (χ1n) is 10.0. The highest BCUT2D eigenvalue weighted by molar-refractivity contribution is 7.95. The lowest BCUT2D eigenvalue weighted by Gasteiger charge is -2.28. The summed E-state index contributed by atoms with van der Waals surface area (Å²) < 4.78 is 0. The van der Waals surface area contributed by atoms with Crippen LogP contribution in [0.4, 0.5) is 0 Å². The second-order valence-electron chi connectivity index (χ2n) is 7.31. The van der Waals surface area contributed by atoms with Crippen molar-refractivity contribution in [2.45, 2.75) is 6.42 Å². The molecule has 0 saturated heterocycles. The first-order valence-corrected chi connectivity index (χ1v) is 12.0. The summed E-state index contributed by atoms with van der Waals surface area (Å²) in [6, 6.07) is 33.4. The molecule has 0 saturated carbocycles. The van der Waals surface area contributed by atoms with Gasteiger partial charge in [0.1, 0.15) is 23.2 Å². The summed E-state index contributed by atoms with van der Waals surface area (Å²) in [4.78, 5) is 20.5. The minimum Gasteiger partial charge on any atom is -0.473 e. The van der Waals surface area contributed by atoms with Crippen LogP contribution in [0.2, 0.25) is 0 Å². The molecule has 0 aromatic heterocycles. The quantitative estimate of drug-likeness (QED) is 0.438. The normalized spacial score (nSPS) is 10.8. The van der Waals surface area contributed by atoms with Gasteiger partial charge in [0.15, 0.2) is 0 Å². The van der Waals surface area contributed by atoms with Crippen molar-refractivity contribution < 1.29 is 19.8 Å². The molecule has 0 amide bonds. The third kappa shape index (κ3) is 6.74. The van der Waals surface area contributed by atoms with Crippen molar-refractivity contribution in [3.05, 3.63) is 91.0 Å². The van der Waals surface area contributed by atoms with Crippen LogP contribution in [0.5, 0.6) is 0 Å². The maximum atomic E-state index is 9.10. The van der Waals surface area contributed by atoms with Gasteiger partial charge in [-0.1, -0.05) is 54.6 Å². The van der Waals surface area contributed by atoms with Gasteiger partial charge < -0.3 is 15.1 Å². The molecule has 3 aromatic carbocycles. The van der Waals surface area contributed by atoms with E-state index < -0.39 is 19.2 Å². The zero-order valence-electron chi connectivity index (χ0n) is 17.9. The molecule has 0 spiro atoms. The number of hydrogen-bond donors (Lipinski definition) is 2. The molecule has 0 aliphatic rings. The van der Waals surface area contributed by atoms with Crippen LogP contribution >= 0.6 is 7.26 Å². The molecule has 6 heteroatoms. The number of carbonyl (C=O) groups is 2. The van der Waals surface area contributed by atoms with Gasteiger partial charge in [-0.15, -0.1) is 0 Å². The van der Waals surface area contributed by atoms with Gasteiger partial charge in [0.05, 0.1) is 6.16 Å². The largest absolute Gasteiger partial charge is 0.473 e. The van der Waals surface area contributed by atoms with E-state index in [0.29, 0.717) is 0 Å². The molecule has 3 rings (SSSR count). The molecule has 0 radical (unpaired) electrons. The zero-order chi connectivity index (χ0) is 22.7. The second kappa shape index (κ2) is 12.0. The van der Waals surface area contributed by atoms with Crippen molar-refractivity contribution in [1.29, 1.82) is 0 Å². The zero-order valence-corrected chi connectivity index (χ0v) is 18.8. The van der Waals surface area contributed by atoms with Crippen molar-refractivity contribution in [2.75, 3.05) is 26.8 Å². The molecule has 0 unspecified atom stereocenters. The smallest absolute Gasteiger partial charge is 0.414 e. The van der Waals surface area contributed by atoms with Gasteiger partial charge in [-0.05, 0) is 56.9 Å². The Morgan fingerprint density at radius 2 is 1.00 bits per heavy atom. The number of hydrogen-bond acceptors (Lipinski definition) is 3. The minimum absolute atomic E-state index is 1.12. The average Bonchev–Trinajstić information content (AvgIpc) is 2.79. The molecule has 2 N–H and O–H groups in total. The minimum atomic E-state index is -1.82. The third-order valence-electron chi connectivity index (χ3n) is 4.87. The number of rotatable bonds is 7. The van der Waals surface area contributed by atoms with Crippen LogP contribution < -0.4 is 15.9 Å². The molecule has 0 heterocycles. The predicted molar refractivity (Wildman–Crippen MR) is 128 cm³/mol. The fourth-order valence-electron chi connectivity index (χ4n) is 3.51. The average molecular weight is 438 g/mol. The van der Waals surface area contributed by atoms with E-state index in [0.717, 1.165) is 6.54 Å². The molecule has 3 aromatic rings. The summed E-state index contributed by atoms with van der Waals surface area (Å²) in [5.74, 6) is -3.65. The Labute approximate surface area is 184 Å².